The number of hydrogen-bond donors (Lipinski definition) is 2. The van der Waals surface area contributed by atoms with Crippen LogP contribution in [-0.2, 0) is 4.79 Å². The lowest BCUT2D eigenvalue weighted by Crippen LogP contribution is -2.41. The van der Waals surface area contributed by atoms with Crippen LogP contribution in [0.4, 0.5) is 20.2 Å². The molecule has 0 spiro atoms. The number of fused-ring (bicyclic) bond motifs is 1. The number of hydrogen-bond acceptors (Lipinski definition) is 7. The predicted molar refractivity (Wildman–Crippen MR) is 149 cm³/mol. The number of anilines is 2. The van der Waals surface area contributed by atoms with Crippen LogP contribution in [0.3, 0.4) is 0 Å². The number of allylic oxidation sites excluding steroid dienone is 1. The largest absolute Gasteiger partial charge is 0.452 e. The third kappa shape index (κ3) is 4.72. The zero-order valence-electron chi connectivity index (χ0n) is 22.0. The van der Waals surface area contributed by atoms with Crippen molar-refractivity contribution in [2.24, 2.45) is 0 Å². The highest BCUT2D eigenvalue weighted by atomic mass is 19.1. The molecule has 4 heterocycles. The van der Waals surface area contributed by atoms with Crippen molar-refractivity contribution in [2.45, 2.75) is 13.2 Å². The van der Waals surface area contributed by atoms with Gasteiger partial charge >= 0.3 is 0 Å². The van der Waals surface area contributed by atoms with Crippen molar-refractivity contribution in [2.75, 3.05) is 17.4 Å². The highest BCUT2D eigenvalue weighted by Crippen LogP contribution is 2.36. The number of pyridine rings is 1. The van der Waals surface area contributed by atoms with Crippen LogP contribution in [0.2, 0.25) is 0 Å². The molecule has 5 aromatic rings. The van der Waals surface area contributed by atoms with E-state index in [-0.39, 0.29) is 17.0 Å². The molecule has 1 aliphatic rings. The van der Waals surface area contributed by atoms with Gasteiger partial charge in [0.05, 0.1) is 17.5 Å². The summed E-state index contributed by atoms with van der Waals surface area (Å²) in [6.45, 7) is 1.68. The first-order valence-corrected chi connectivity index (χ1v) is 12.6. The summed E-state index contributed by atoms with van der Waals surface area (Å²) in [6, 6.07) is 16.9. The van der Waals surface area contributed by atoms with E-state index in [0.717, 1.165) is 17.2 Å². The lowest BCUT2D eigenvalue weighted by atomic mass is 10.1. The number of halogens is 2. The fourth-order valence-corrected chi connectivity index (χ4v) is 4.83. The van der Waals surface area contributed by atoms with Crippen molar-refractivity contribution < 1.29 is 23.4 Å². The first-order valence-electron chi connectivity index (χ1n) is 12.6. The van der Waals surface area contributed by atoms with Gasteiger partial charge in [-0.05, 0) is 55.5 Å². The number of rotatable bonds is 6. The van der Waals surface area contributed by atoms with E-state index < -0.39 is 23.8 Å². The van der Waals surface area contributed by atoms with Gasteiger partial charge in [-0.3, -0.25) is 19.8 Å². The first kappa shape index (κ1) is 26.0. The van der Waals surface area contributed by atoms with Crippen LogP contribution in [0.1, 0.15) is 6.92 Å². The molecule has 206 valence electrons. The number of amides is 1. The zero-order valence-corrected chi connectivity index (χ0v) is 22.0. The average molecular weight is 555 g/mol. The van der Waals surface area contributed by atoms with Crippen LogP contribution in [0.15, 0.2) is 103 Å². The van der Waals surface area contributed by atoms with Gasteiger partial charge < -0.3 is 15.2 Å². The number of aliphatic hydroxyl groups is 1. The van der Waals surface area contributed by atoms with Crippen LogP contribution in [0, 0.1) is 11.6 Å². The monoisotopic (exact) mass is 554 g/mol. The number of carbonyl (C=O) groups excluding carboxylic acids is 1. The quantitative estimate of drug-likeness (QED) is 0.292. The summed E-state index contributed by atoms with van der Waals surface area (Å²) in [6.07, 6.45) is 5.40. The topological polar surface area (TPSA) is 95.2 Å². The maximum atomic E-state index is 15.2. The Morgan fingerprint density at radius 3 is 2.56 bits per heavy atom. The molecule has 0 bridgehead atoms. The third-order valence-corrected chi connectivity index (χ3v) is 6.92. The third-order valence-electron chi connectivity index (χ3n) is 6.92. The SMILES string of the molecule is CC1=C(C(=O)Nc2ccc(Oc3ccnn4ccc(-c5cccnc5)c34)c(F)c2)C(O)N(c2ccc(F)cc2)N1C. The minimum Gasteiger partial charge on any atom is -0.452 e. The van der Waals surface area contributed by atoms with Gasteiger partial charge in [0.25, 0.3) is 5.91 Å². The minimum atomic E-state index is -1.33. The van der Waals surface area contributed by atoms with E-state index in [2.05, 4.69) is 15.4 Å². The standard InChI is InChI=1S/C30H24F2N6O3/c1-18-27(30(40)38(36(18)2)22-8-5-20(31)6-9-22)29(39)35-21-7-10-25(24(32)16-21)41-26-11-14-34-37-15-12-23(28(26)37)19-4-3-13-33-17-19/h3-17,30,40H,1-2H3,(H,35,39). The van der Waals surface area contributed by atoms with Gasteiger partial charge in [0.15, 0.2) is 23.5 Å². The smallest absolute Gasteiger partial charge is 0.258 e. The van der Waals surface area contributed by atoms with Crippen LogP contribution in [0.5, 0.6) is 11.5 Å². The zero-order chi connectivity index (χ0) is 28.7. The lowest BCUT2D eigenvalue weighted by molar-refractivity contribution is -0.113. The number of carbonyl (C=O) groups is 1. The molecule has 1 atom stereocenters. The van der Waals surface area contributed by atoms with Gasteiger partial charge in [-0.1, -0.05) is 6.07 Å². The Morgan fingerprint density at radius 1 is 1.02 bits per heavy atom. The van der Waals surface area contributed by atoms with Crippen molar-refractivity contribution in [1.82, 2.24) is 19.6 Å². The molecule has 0 aliphatic carbocycles. The molecule has 0 fully saturated rings. The van der Waals surface area contributed by atoms with E-state index in [1.54, 1.807) is 54.3 Å². The van der Waals surface area contributed by atoms with Gasteiger partial charge in [-0.2, -0.15) is 5.10 Å². The number of nitrogens with zero attached hydrogens (tertiary/aromatic N) is 5. The predicted octanol–water partition coefficient (Wildman–Crippen LogP) is 5.36. The summed E-state index contributed by atoms with van der Waals surface area (Å²) >= 11 is 0. The summed E-state index contributed by atoms with van der Waals surface area (Å²) in [4.78, 5) is 17.3. The minimum absolute atomic E-state index is 0.0482. The van der Waals surface area contributed by atoms with Crippen molar-refractivity contribution >= 4 is 22.8 Å². The Labute approximate surface area is 233 Å². The number of hydrazine groups is 1. The number of benzene rings is 2. The summed E-state index contributed by atoms with van der Waals surface area (Å²) in [5, 5.41) is 21.0. The van der Waals surface area contributed by atoms with E-state index in [0.29, 0.717) is 22.7 Å². The van der Waals surface area contributed by atoms with Crippen molar-refractivity contribution in [1.29, 1.82) is 0 Å². The van der Waals surface area contributed by atoms with E-state index in [4.69, 9.17) is 4.74 Å². The van der Waals surface area contributed by atoms with Crippen molar-refractivity contribution in [3.8, 4) is 22.6 Å². The molecule has 0 radical (unpaired) electrons. The van der Waals surface area contributed by atoms with Crippen LogP contribution >= 0.6 is 0 Å². The van der Waals surface area contributed by atoms with Crippen molar-refractivity contribution in [3.05, 3.63) is 114 Å². The van der Waals surface area contributed by atoms with Crippen molar-refractivity contribution in [3.63, 3.8) is 0 Å². The molecule has 0 saturated carbocycles. The molecule has 1 unspecified atom stereocenters. The number of aromatic nitrogens is 3. The summed E-state index contributed by atoms with van der Waals surface area (Å²) in [7, 11) is 1.68. The van der Waals surface area contributed by atoms with E-state index in [9.17, 15) is 14.3 Å². The molecular formula is C30H24F2N6O3. The number of nitrogens with one attached hydrogen (secondary N) is 1. The second-order valence-corrected chi connectivity index (χ2v) is 9.38. The average Bonchev–Trinajstić information content (AvgIpc) is 3.50. The first-order chi connectivity index (χ1) is 19.8. The van der Waals surface area contributed by atoms with Crippen LogP contribution in [0.25, 0.3) is 16.6 Å². The lowest BCUT2D eigenvalue weighted by Gasteiger charge is -2.31. The van der Waals surface area contributed by atoms with E-state index in [1.165, 1.54) is 41.4 Å². The Balaban J connectivity index is 1.22. The van der Waals surface area contributed by atoms with Crippen LogP contribution < -0.4 is 15.1 Å². The highest BCUT2D eigenvalue weighted by Gasteiger charge is 2.38. The Morgan fingerprint density at radius 2 is 1.83 bits per heavy atom. The summed E-state index contributed by atoms with van der Waals surface area (Å²) < 4.78 is 36.2. The molecule has 41 heavy (non-hydrogen) atoms. The molecule has 3 aromatic heterocycles. The Hall–Kier alpha value is -5.29. The summed E-state index contributed by atoms with van der Waals surface area (Å²) in [5.41, 5.74) is 3.55. The maximum absolute atomic E-state index is 15.2. The summed E-state index contributed by atoms with van der Waals surface area (Å²) in [5.74, 6) is -1.39. The Kier molecular flexibility index (Phi) is 6.56. The van der Waals surface area contributed by atoms with Crippen LogP contribution in [-0.4, -0.2) is 43.9 Å². The second-order valence-electron chi connectivity index (χ2n) is 9.38. The molecule has 11 heteroatoms. The fraction of sp³-hybridized carbons (Fsp3) is 0.100. The molecular weight excluding hydrogens is 530 g/mol. The van der Waals surface area contributed by atoms with E-state index >= 15 is 4.39 Å². The van der Waals surface area contributed by atoms with Gasteiger partial charge in [-0.15, -0.1) is 0 Å². The molecule has 1 aliphatic heterocycles. The fourth-order valence-electron chi connectivity index (χ4n) is 4.83. The molecule has 1 amide bonds. The number of ether oxygens (including phenoxy) is 1. The maximum Gasteiger partial charge on any atom is 0.258 e. The van der Waals surface area contributed by atoms with Gasteiger partial charge in [0.2, 0.25) is 0 Å². The second kappa shape index (κ2) is 10.4. The Bertz CT molecular complexity index is 1790. The molecule has 6 rings (SSSR count). The number of aliphatic hydroxyl groups excluding tert-OH is 1. The highest BCUT2D eigenvalue weighted by molar-refractivity contribution is 6.05. The van der Waals surface area contributed by atoms with Gasteiger partial charge in [0.1, 0.15) is 11.3 Å². The molecule has 2 aromatic carbocycles. The van der Waals surface area contributed by atoms with E-state index in [1.807, 2.05) is 18.2 Å². The van der Waals surface area contributed by atoms with Gasteiger partial charge in [-0.25, -0.2) is 13.3 Å². The van der Waals surface area contributed by atoms with Gasteiger partial charge in [0, 0.05) is 60.3 Å². The molecule has 2 N–H and O–H groups in total. The normalized spacial score (nSPS) is 15.1. The molecule has 0 saturated heterocycles. The molecule has 9 nitrogen and oxygen atoms in total.